The summed E-state index contributed by atoms with van der Waals surface area (Å²) in [5, 5.41) is 2.66. The van der Waals surface area contributed by atoms with Crippen LogP contribution in [0.1, 0.15) is 21.5 Å². The Morgan fingerprint density at radius 2 is 1.70 bits per heavy atom. The predicted molar refractivity (Wildman–Crippen MR) is 92.6 cm³/mol. The third-order valence-electron chi connectivity index (χ3n) is 3.42. The fourth-order valence-electron chi connectivity index (χ4n) is 1.96. The van der Waals surface area contributed by atoms with E-state index >= 15 is 0 Å². The molecule has 0 aromatic heterocycles. The Bertz CT molecular complexity index is 713. The molecular weight excluding hydrogens is 313 g/mol. The van der Waals surface area contributed by atoms with Crippen molar-refractivity contribution in [3.05, 3.63) is 65.0 Å². The van der Waals surface area contributed by atoms with E-state index in [9.17, 15) is 14.0 Å². The first kappa shape index (κ1) is 17.2. The lowest BCUT2D eigenvalue weighted by Crippen LogP contribution is -2.15. The zero-order valence-corrected chi connectivity index (χ0v) is 13.9. The normalized spacial score (nSPS) is 10.4. The Morgan fingerprint density at radius 1 is 1.00 bits per heavy atom. The molecule has 1 N–H and O–H groups in total. The summed E-state index contributed by atoms with van der Waals surface area (Å²) in [5.41, 5.74) is 3.43. The Balaban J connectivity index is 1.79. The van der Waals surface area contributed by atoms with E-state index in [1.165, 1.54) is 36.0 Å². The first-order chi connectivity index (χ1) is 11.0. The zero-order chi connectivity index (χ0) is 16.8. The molecule has 3 nitrogen and oxygen atoms in total. The highest BCUT2D eigenvalue weighted by Crippen LogP contribution is 2.14. The van der Waals surface area contributed by atoms with E-state index in [1.807, 2.05) is 32.0 Å². The van der Waals surface area contributed by atoms with Gasteiger partial charge in [0.05, 0.1) is 11.5 Å². The van der Waals surface area contributed by atoms with E-state index in [2.05, 4.69) is 5.32 Å². The van der Waals surface area contributed by atoms with Crippen LogP contribution in [-0.4, -0.2) is 23.2 Å². The molecular formula is C18H18FNO2S. The molecule has 2 rings (SSSR count). The maximum absolute atomic E-state index is 12.8. The number of rotatable bonds is 6. The summed E-state index contributed by atoms with van der Waals surface area (Å²) in [6.45, 7) is 3.97. The number of ketones is 1. The Kier molecular flexibility index (Phi) is 5.93. The molecule has 23 heavy (non-hydrogen) atoms. The second-order valence-electron chi connectivity index (χ2n) is 5.27. The number of nitrogens with one attached hydrogen (secondary N) is 1. The number of carbonyl (C=O) groups excluding carboxylic acids is 2. The molecule has 0 aliphatic heterocycles. The number of aryl methyl sites for hydroxylation is 2. The second-order valence-corrected chi connectivity index (χ2v) is 6.26. The molecule has 2 aromatic carbocycles. The summed E-state index contributed by atoms with van der Waals surface area (Å²) in [4.78, 5) is 23.9. The van der Waals surface area contributed by atoms with Gasteiger partial charge in [-0.25, -0.2) is 4.39 Å². The van der Waals surface area contributed by atoms with Gasteiger partial charge >= 0.3 is 0 Å². The predicted octanol–water partition coefficient (Wildman–Crippen LogP) is 4.00. The van der Waals surface area contributed by atoms with E-state index < -0.39 is 0 Å². The number of hydrogen-bond donors (Lipinski definition) is 1. The molecule has 0 spiro atoms. The number of hydrogen-bond acceptors (Lipinski definition) is 3. The van der Waals surface area contributed by atoms with Crippen LogP contribution in [0.25, 0.3) is 0 Å². The molecule has 0 aliphatic rings. The largest absolute Gasteiger partial charge is 0.325 e. The highest BCUT2D eigenvalue weighted by molar-refractivity contribution is 8.00. The van der Waals surface area contributed by atoms with E-state index in [-0.39, 0.29) is 29.0 Å². The Hall–Kier alpha value is -2.14. The molecule has 0 fully saturated rings. The van der Waals surface area contributed by atoms with Gasteiger partial charge in [0.25, 0.3) is 0 Å². The maximum atomic E-state index is 12.8. The van der Waals surface area contributed by atoms with Crippen LogP contribution in [0, 0.1) is 19.7 Å². The highest BCUT2D eigenvalue weighted by Gasteiger charge is 2.09. The molecule has 1 amide bonds. The molecule has 2 aromatic rings. The van der Waals surface area contributed by atoms with Crippen molar-refractivity contribution in [2.24, 2.45) is 0 Å². The van der Waals surface area contributed by atoms with Crippen molar-refractivity contribution in [2.75, 3.05) is 16.8 Å². The molecule has 0 radical (unpaired) electrons. The van der Waals surface area contributed by atoms with Gasteiger partial charge in [-0.15, -0.1) is 11.8 Å². The smallest absolute Gasteiger partial charge is 0.234 e. The average molecular weight is 331 g/mol. The van der Waals surface area contributed by atoms with Crippen LogP contribution in [0.15, 0.2) is 42.5 Å². The van der Waals surface area contributed by atoms with Crippen LogP contribution in [0.3, 0.4) is 0 Å². The van der Waals surface area contributed by atoms with Crippen molar-refractivity contribution < 1.29 is 14.0 Å². The van der Waals surface area contributed by atoms with Gasteiger partial charge < -0.3 is 5.32 Å². The van der Waals surface area contributed by atoms with Gasteiger partial charge in [0.15, 0.2) is 5.78 Å². The van der Waals surface area contributed by atoms with Gasteiger partial charge in [-0.05, 0) is 55.3 Å². The summed E-state index contributed by atoms with van der Waals surface area (Å²) in [6.07, 6.45) is 0. The lowest BCUT2D eigenvalue weighted by atomic mass is 10.0. The van der Waals surface area contributed by atoms with Crippen molar-refractivity contribution >= 4 is 29.1 Å². The number of carbonyl (C=O) groups is 2. The van der Waals surface area contributed by atoms with E-state index in [0.717, 1.165) is 11.1 Å². The van der Waals surface area contributed by atoms with Gasteiger partial charge in [-0.2, -0.15) is 0 Å². The van der Waals surface area contributed by atoms with Gasteiger partial charge in [-0.3, -0.25) is 9.59 Å². The first-order valence-electron chi connectivity index (χ1n) is 7.19. The monoisotopic (exact) mass is 331 g/mol. The number of amides is 1. The van der Waals surface area contributed by atoms with Gasteiger partial charge in [-0.1, -0.05) is 12.1 Å². The Labute approximate surface area is 139 Å². The van der Waals surface area contributed by atoms with Crippen molar-refractivity contribution in [1.29, 1.82) is 0 Å². The van der Waals surface area contributed by atoms with Crippen LogP contribution in [0.2, 0.25) is 0 Å². The fraction of sp³-hybridized carbons (Fsp3) is 0.222. The molecule has 0 unspecified atom stereocenters. The summed E-state index contributed by atoms with van der Waals surface area (Å²) in [6, 6.07) is 11.2. The van der Waals surface area contributed by atoms with Gasteiger partial charge in [0, 0.05) is 11.3 Å². The fourth-order valence-corrected chi connectivity index (χ4v) is 2.68. The number of halogens is 1. The summed E-state index contributed by atoms with van der Waals surface area (Å²) >= 11 is 1.26. The molecule has 5 heteroatoms. The topological polar surface area (TPSA) is 46.2 Å². The molecule has 0 bridgehead atoms. The number of Topliss-reactive ketones (excluding diaryl/α,β-unsaturated/α-hetero) is 1. The summed E-state index contributed by atoms with van der Waals surface area (Å²) in [7, 11) is 0. The van der Waals surface area contributed by atoms with Crippen molar-refractivity contribution in [2.45, 2.75) is 13.8 Å². The molecule has 0 aliphatic carbocycles. The zero-order valence-electron chi connectivity index (χ0n) is 13.1. The summed E-state index contributed by atoms with van der Waals surface area (Å²) in [5.74, 6) is -0.133. The molecule has 120 valence electrons. The van der Waals surface area contributed by atoms with Crippen LogP contribution in [0.4, 0.5) is 10.1 Å². The second kappa shape index (κ2) is 7.92. The van der Waals surface area contributed by atoms with E-state index in [4.69, 9.17) is 0 Å². The van der Waals surface area contributed by atoms with Crippen LogP contribution in [0.5, 0.6) is 0 Å². The summed E-state index contributed by atoms with van der Waals surface area (Å²) < 4.78 is 12.8. The van der Waals surface area contributed by atoms with Crippen LogP contribution >= 0.6 is 11.8 Å². The SMILES string of the molecule is Cc1ccc(C(=O)CSCC(=O)Nc2ccc(F)cc2)cc1C. The van der Waals surface area contributed by atoms with E-state index in [0.29, 0.717) is 11.3 Å². The minimum atomic E-state index is -0.351. The third-order valence-corrected chi connectivity index (χ3v) is 4.36. The molecule has 0 saturated heterocycles. The number of thioether (sulfide) groups is 1. The van der Waals surface area contributed by atoms with E-state index in [1.54, 1.807) is 0 Å². The van der Waals surface area contributed by atoms with Crippen molar-refractivity contribution in [3.63, 3.8) is 0 Å². The van der Waals surface area contributed by atoms with Gasteiger partial charge in [0.1, 0.15) is 5.82 Å². The van der Waals surface area contributed by atoms with Gasteiger partial charge in [0.2, 0.25) is 5.91 Å². The average Bonchev–Trinajstić information content (AvgIpc) is 2.52. The van der Waals surface area contributed by atoms with Crippen molar-refractivity contribution in [3.8, 4) is 0 Å². The lowest BCUT2D eigenvalue weighted by molar-refractivity contribution is -0.113. The molecule has 0 heterocycles. The highest BCUT2D eigenvalue weighted by atomic mass is 32.2. The lowest BCUT2D eigenvalue weighted by Gasteiger charge is -2.06. The minimum Gasteiger partial charge on any atom is -0.325 e. The van der Waals surface area contributed by atoms with Crippen LogP contribution < -0.4 is 5.32 Å². The minimum absolute atomic E-state index is 0.00711. The molecule has 0 saturated carbocycles. The van der Waals surface area contributed by atoms with Crippen molar-refractivity contribution in [1.82, 2.24) is 0 Å². The standard InChI is InChI=1S/C18H18FNO2S/c1-12-3-4-14(9-13(12)2)17(21)10-23-11-18(22)20-16-7-5-15(19)6-8-16/h3-9H,10-11H2,1-2H3,(H,20,22). The molecule has 0 atom stereocenters. The third kappa shape index (κ3) is 5.21. The quantitative estimate of drug-likeness (QED) is 0.814. The number of anilines is 1. The van der Waals surface area contributed by atoms with Crippen LogP contribution in [-0.2, 0) is 4.79 Å². The first-order valence-corrected chi connectivity index (χ1v) is 8.35. The maximum Gasteiger partial charge on any atom is 0.234 e. The Morgan fingerprint density at radius 3 is 2.35 bits per heavy atom. The number of benzene rings is 2.